The van der Waals surface area contributed by atoms with Crippen LogP contribution in [0.25, 0.3) is 10.4 Å². The number of nitrogens with zero attached hydrogens (tertiary/aromatic N) is 4. The van der Waals surface area contributed by atoms with Gasteiger partial charge < -0.3 is 10.6 Å². The summed E-state index contributed by atoms with van der Waals surface area (Å²) in [5.74, 6) is -0.0725. The first-order valence-corrected chi connectivity index (χ1v) is 6.34. The third kappa shape index (κ3) is 2.87. The fraction of sp³-hybridized carbons (Fsp3) is 0.364. The minimum Gasteiger partial charge on any atom is -0.397 e. The molecule has 1 heterocycles. The van der Waals surface area contributed by atoms with Crippen molar-refractivity contribution >= 4 is 40.5 Å². The van der Waals surface area contributed by atoms with Crippen molar-refractivity contribution in [2.24, 2.45) is 11.0 Å². The van der Waals surface area contributed by atoms with Crippen LogP contribution < -0.4 is 10.6 Å². The van der Waals surface area contributed by atoms with E-state index in [1.807, 2.05) is 0 Å². The molecule has 1 aliphatic heterocycles. The Morgan fingerprint density at radius 1 is 1.47 bits per heavy atom. The highest BCUT2D eigenvalue weighted by molar-refractivity contribution is 6.37. The maximum atomic E-state index is 12.0. The largest absolute Gasteiger partial charge is 0.397 e. The summed E-state index contributed by atoms with van der Waals surface area (Å²) in [5.41, 5.74) is 14.8. The number of nitrogen functional groups attached to an aromatic ring is 1. The maximum Gasteiger partial charge on any atom is 0.227 e. The van der Waals surface area contributed by atoms with Gasteiger partial charge in [-0.15, -0.1) is 0 Å². The fourth-order valence-corrected chi connectivity index (χ4v) is 2.48. The number of hydrogen-bond acceptors (Lipinski definition) is 3. The Balaban J connectivity index is 2.25. The maximum absolute atomic E-state index is 12.0. The van der Waals surface area contributed by atoms with Crippen molar-refractivity contribution in [1.82, 2.24) is 0 Å². The third-order valence-corrected chi connectivity index (χ3v) is 3.60. The molecule has 100 valence electrons. The summed E-state index contributed by atoms with van der Waals surface area (Å²) in [6, 6.07) is 3.10. The van der Waals surface area contributed by atoms with Gasteiger partial charge in [-0.3, -0.25) is 4.79 Å². The second-order valence-corrected chi connectivity index (χ2v) is 5.13. The molecule has 6 nitrogen and oxygen atoms in total. The molecule has 0 aliphatic carbocycles. The van der Waals surface area contributed by atoms with E-state index in [1.54, 1.807) is 11.0 Å². The summed E-state index contributed by atoms with van der Waals surface area (Å²) in [4.78, 5) is 16.2. The zero-order valence-electron chi connectivity index (χ0n) is 9.88. The summed E-state index contributed by atoms with van der Waals surface area (Å²) >= 11 is 12.0. The predicted molar refractivity (Wildman–Crippen MR) is 75.3 cm³/mol. The lowest BCUT2D eigenvalue weighted by atomic mass is 10.1. The van der Waals surface area contributed by atoms with Gasteiger partial charge >= 0.3 is 0 Å². The number of hydrogen-bond donors (Lipinski definition) is 1. The number of nitrogens with two attached hydrogens (primary N) is 1. The summed E-state index contributed by atoms with van der Waals surface area (Å²) in [7, 11) is 0. The van der Waals surface area contributed by atoms with E-state index in [0.717, 1.165) is 0 Å². The first kappa shape index (κ1) is 13.8. The molecule has 2 N–H and O–H groups in total. The average molecular weight is 300 g/mol. The monoisotopic (exact) mass is 299 g/mol. The summed E-state index contributed by atoms with van der Waals surface area (Å²) < 4.78 is 0. The third-order valence-electron chi connectivity index (χ3n) is 2.97. The summed E-state index contributed by atoms with van der Waals surface area (Å²) in [6.07, 6.45) is 0.331. The summed E-state index contributed by atoms with van der Waals surface area (Å²) in [5, 5.41) is 4.22. The van der Waals surface area contributed by atoms with Crippen LogP contribution in [0.5, 0.6) is 0 Å². The Morgan fingerprint density at radius 3 is 2.89 bits per heavy atom. The molecule has 19 heavy (non-hydrogen) atoms. The van der Waals surface area contributed by atoms with Crippen LogP contribution in [0.15, 0.2) is 17.2 Å². The van der Waals surface area contributed by atoms with E-state index >= 15 is 0 Å². The number of carbonyl (C=O) groups is 1. The topological polar surface area (TPSA) is 95.1 Å². The van der Waals surface area contributed by atoms with Crippen molar-refractivity contribution in [3.05, 3.63) is 32.6 Å². The van der Waals surface area contributed by atoms with E-state index < -0.39 is 0 Å². The van der Waals surface area contributed by atoms with E-state index in [4.69, 9.17) is 34.5 Å². The van der Waals surface area contributed by atoms with Gasteiger partial charge in [-0.05, 0) is 23.6 Å². The Kier molecular flexibility index (Phi) is 4.04. The van der Waals surface area contributed by atoms with Gasteiger partial charge in [0.15, 0.2) is 0 Å². The normalized spacial score (nSPS) is 18.5. The van der Waals surface area contributed by atoms with Crippen LogP contribution in [-0.2, 0) is 4.79 Å². The first-order chi connectivity index (χ1) is 9.02. The molecule has 1 aromatic carbocycles. The lowest BCUT2D eigenvalue weighted by Gasteiger charge is -2.19. The van der Waals surface area contributed by atoms with E-state index in [1.165, 1.54) is 6.07 Å². The minimum absolute atomic E-state index is 0.00389. The number of rotatable bonds is 3. The lowest BCUT2D eigenvalue weighted by Crippen LogP contribution is -2.25. The van der Waals surface area contributed by atoms with Crippen LogP contribution >= 0.6 is 23.2 Å². The number of halogens is 2. The molecule has 1 unspecified atom stereocenters. The molecular formula is C11H11Cl2N5O. The molecule has 1 fully saturated rings. The Labute approximate surface area is 119 Å². The van der Waals surface area contributed by atoms with Gasteiger partial charge in [0.1, 0.15) is 0 Å². The van der Waals surface area contributed by atoms with Crippen LogP contribution in [0.4, 0.5) is 11.4 Å². The molecule has 1 saturated heterocycles. The highest BCUT2D eigenvalue weighted by Crippen LogP contribution is 2.36. The number of amides is 1. The van der Waals surface area contributed by atoms with E-state index in [9.17, 15) is 4.79 Å². The molecule has 1 amide bonds. The van der Waals surface area contributed by atoms with E-state index in [-0.39, 0.29) is 11.8 Å². The van der Waals surface area contributed by atoms with Crippen molar-refractivity contribution < 1.29 is 4.79 Å². The van der Waals surface area contributed by atoms with Gasteiger partial charge in [-0.1, -0.05) is 28.3 Å². The standard InChI is InChI=1S/C11H11Cl2N5O/c12-7-3-10(8(13)2-9(7)14)18-5-6(1-11(18)19)4-16-17-15/h2-3,6H,1,4-5,14H2. The smallest absolute Gasteiger partial charge is 0.227 e. The Bertz CT molecular complexity index is 570. The molecule has 0 bridgehead atoms. The molecule has 0 radical (unpaired) electrons. The van der Waals surface area contributed by atoms with Crippen molar-refractivity contribution in [2.75, 3.05) is 23.7 Å². The van der Waals surface area contributed by atoms with Crippen LogP contribution in [0.3, 0.4) is 0 Å². The first-order valence-electron chi connectivity index (χ1n) is 5.58. The van der Waals surface area contributed by atoms with Gasteiger partial charge in [0.25, 0.3) is 0 Å². The molecule has 0 saturated carbocycles. The van der Waals surface area contributed by atoms with E-state index in [2.05, 4.69) is 10.0 Å². The fourth-order valence-electron chi connectivity index (χ4n) is 2.05. The molecule has 1 atom stereocenters. The Morgan fingerprint density at radius 2 is 2.21 bits per heavy atom. The number of carbonyl (C=O) groups excluding carboxylic acids is 1. The van der Waals surface area contributed by atoms with Crippen molar-refractivity contribution in [1.29, 1.82) is 0 Å². The summed E-state index contributed by atoms with van der Waals surface area (Å²) in [6.45, 7) is 0.747. The molecular weight excluding hydrogens is 289 g/mol. The highest BCUT2D eigenvalue weighted by Gasteiger charge is 2.31. The van der Waals surface area contributed by atoms with Crippen LogP contribution in [0.1, 0.15) is 6.42 Å². The van der Waals surface area contributed by atoms with Gasteiger partial charge in [0, 0.05) is 24.4 Å². The molecule has 2 rings (SSSR count). The zero-order chi connectivity index (χ0) is 14.0. The van der Waals surface area contributed by atoms with Gasteiger partial charge in [-0.2, -0.15) is 0 Å². The molecule has 8 heteroatoms. The quantitative estimate of drug-likeness (QED) is 0.401. The lowest BCUT2D eigenvalue weighted by molar-refractivity contribution is -0.117. The van der Waals surface area contributed by atoms with Crippen molar-refractivity contribution in [2.45, 2.75) is 6.42 Å². The number of benzene rings is 1. The number of azide groups is 1. The zero-order valence-corrected chi connectivity index (χ0v) is 11.4. The second kappa shape index (κ2) is 5.57. The van der Waals surface area contributed by atoms with Crippen LogP contribution in [-0.4, -0.2) is 19.0 Å². The second-order valence-electron chi connectivity index (χ2n) is 4.31. The van der Waals surface area contributed by atoms with Gasteiger partial charge in [0.2, 0.25) is 5.91 Å². The predicted octanol–water partition coefficient (Wildman–Crippen LogP) is 3.24. The Hall–Kier alpha value is -1.62. The highest BCUT2D eigenvalue weighted by atomic mass is 35.5. The average Bonchev–Trinajstić information content (AvgIpc) is 2.72. The van der Waals surface area contributed by atoms with Crippen molar-refractivity contribution in [3.8, 4) is 0 Å². The molecule has 1 aromatic rings. The van der Waals surface area contributed by atoms with Gasteiger partial charge in [-0.25, -0.2) is 0 Å². The van der Waals surface area contributed by atoms with Crippen molar-refractivity contribution in [3.63, 3.8) is 0 Å². The van der Waals surface area contributed by atoms with Gasteiger partial charge in [0.05, 0.1) is 21.4 Å². The van der Waals surface area contributed by atoms with Crippen LogP contribution in [0, 0.1) is 5.92 Å². The molecule has 1 aliphatic rings. The van der Waals surface area contributed by atoms with Crippen LogP contribution in [0.2, 0.25) is 10.0 Å². The molecule has 0 spiro atoms. The minimum atomic E-state index is -0.0686. The molecule has 0 aromatic heterocycles. The van der Waals surface area contributed by atoms with E-state index in [0.29, 0.717) is 40.9 Å². The number of anilines is 2. The SMILES string of the molecule is [N-]=[N+]=NCC1CC(=O)N(c2cc(Cl)c(N)cc2Cl)C1.